The summed E-state index contributed by atoms with van der Waals surface area (Å²) in [5.74, 6) is 1.97. The van der Waals surface area contributed by atoms with Crippen molar-refractivity contribution in [3.05, 3.63) is 29.5 Å². The molecule has 1 aliphatic carbocycles. The van der Waals surface area contributed by atoms with E-state index >= 15 is 0 Å². The molecule has 0 saturated heterocycles. The molecule has 1 aliphatic heterocycles. The second-order valence-corrected chi connectivity index (χ2v) is 5.28. The molecule has 0 atom stereocenters. The van der Waals surface area contributed by atoms with Crippen LogP contribution < -0.4 is 4.74 Å². The normalized spacial score (nSPS) is 17.2. The van der Waals surface area contributed by atoms with E-state index in [1.165, 1.54) is 35.8 Å². The minimum absolute atomic E-state index is 0.855. The van der Waals surface area contributed by atoms with Crippen LogP contribution in [0.2, 0.25) is 0 Å². The Morgan fingerprint density at radius 2 is 2.11 bits per heavy atom. The number of nitrogens with zero attached hydrogens (tertiary/aromatic N) is 1. The van der Waals surface area contributed by atoms with Crippen molar-refractivity contribution in [3.63, 3.8) is 0 Å². The zero-order valence-electron chi connectivity index (χ0n) is 10.9. The Morgan fingerprint density at radius 1 is 1.26 bits per heavy atom. The van der Waals surface area contributed by atoms with Crippen LogP contribution in [-0.4, -0.2) is 6.61 Å². The number of aryl methyl sites for hydroxylation is 1. The fourth-order valence-electron chi connectivity index (χ4n) is 2.85. The molecule has 0 N–H and O–H groups in total. The lowest BCUT2D eigenvalue weighted by atomic mass is 9.97. The summed E-state index contributed by atoms with van der Waals surface area (Å²) < 4.78 is 11.4. The standard InChI is InChI=1S/C15H16O2.CHN/c1-2-12-13(16-7-1)5-6-14-15(12)11(9-17-14)8-10-3-4-10;1-2/h5-6,9-10H,1-4,7-8H2;1H. The maximum Gasteiger partial charge on any atom is 0.134 e. The first-order valence-corrected chi connectivity index (χ1v) is 6.82. The Hall–Kier alpha value is -1.95. The summed E-state index contributed by atoms with van der Waals surface area (Å²) in [4.78, 5) is 0. The van der Waals surface area contributed by atoms with Crippen molar-refractivity contribution in [2.24, 2.45) is 5.92 Å². The van der Waals surface area contributed by atoms with Gasteiger partial charge in [0.2, 0.25) is 0 Å². The number of ether oxygens (including phenoxy) is 1. The van der Waals surface area contributed by atoms with Gasteiger partial charge in [0.05, 0.1) is 12.9 Å². The molecule has 0 bridgehead atoms. The molecule has 4 rings (SSSR count). The van der Waals surface area contributed by atoms with Crippen molar-refractivity contribution >= 4 is 11.0 Å². The molecule has 2 aromatic rings. The predicted octanol–water partition coefficient (Wildman–Crippen LogP) is 3.85. The Morgan fingerprint density at radius 3 is 2.89 bits per heavy atom. The number of nitriles is 1. The first kappa shape index (κ1) is 12.1. The van der Waals surface area contributed by atoms with Crippen LogP contribution >= 0.6 is 0 Å². The Bertz CT molecular complexity index is 608. The van der Waals surface area contributed by atoms with Crippen LogP contribution in [0.1, 0.15) is 30.4 Å². The third-order valence-electron chi connectivity index (χ3n) is 3.92. The van der Waals surface area contributed by atoms with Crippen LogP contribution in [0.4, 0.5) is 0 Å². The minimum atomic E-state index is 0.855. The molecule has 0 radical (unpaired) electrons. The minimum Gasteiger partial charge on any atom is -0.493 e. The maximum absolute atomic E-state index is 6.50. The Balaban J connectivity index is 0.000000528. The van der Waals surface area contributed by atoms with E-state index in [9.17, 15) is 0 Å². The van der Waals surface area contributed by atoms with Crippen LogP contribution in [0.15, 0.2) is 22.8 Å². The largest absolute Gasteiger partial charge is 0.493 e. The molecule has 0 amide bonds. The summed E-state index contributed by atoms with van der Waals surface area (Å²) in [6.45, 7) is 4.36. The molecular formula is C16H17NO2. The van der Waals surface area contributed by atoms with Crippen LogP contribution in [0, 0.1) is 17.8 Å². The van der Waals surface area contributed by atoms with E-state index in [4.69, 9.17) is 14.4 Å². The van der Waals surface area contributed by atoms with Gasteiger partial charge < -0.3 is 9.15 Å². The average molecular weight is 255 g/mol. The van der Waals surface area contributed by atoms with Gasteiger partial charge in [-0.15, -0.1) is 0 Å². The zero-order chi connectivity index (χ0) is 13.2. The molecule has 98 valence electrons. The number of hydrogen-bond acceptors (Lipinski definition) is 3. The van der Waals surface area contributed by atoms with Gasteiger partial charge >= 0.3 is 0 Å². The SMILES string of the molecule is C#N.c1cc2occ(CC3CC3)c2c2c1OCCC2. The molecule has 0 unspecified atom stereocenters. The van der Waals surface area contributed by atoms with Crippen molar-refractivity contribution in [1.29, 1.82) is 5.26 Å². The van der Waals surface area contributed by atoms with E-state index in [0.717, 1.165) is 36.7 Å². The smallest absolute Gasteiger partial charge is 0.134 e. The van der Waals surface area contributed by atoms with Gasteiger partial charge in [0.1, 0.15) is 11.3 Å². The van der Waals surface area contributed by atoms with Gasteiger partial charge in [0.15, 0.2) is 0 Å². The van der Waals surface area contributed by atoms with Crippen molar-refractivity contribution in [2.45, 2.75) is 32.1 Å². The van der Waals surface area contributed by atoms with E-state index in [2.05, 4.69) is 18.7 Å². The van der Waals surface area contributed by atoms with Gasteiger partial charge in [0, 0.05) is 17.5 Å². The van der Waals surface area contributed by atoms with Crippen LogP contribution in [-0.2, 0) is 12.8 Å². The molecule has 19 heavy (non-hydrogen) atoms. The molecular weight excluding hydrogens is 238 g/mol. The first-order chi connectivity index (χ1) is 9.42. The highest BCUT2D eigenvalue weighted by Gasteiger charge is 2.25. The number of hydrogen-bond donors (Lipinski definition) is 0. The molecule has 0 spiro atoms. The fraction of sp³-hybridized carbons (Fsp3) is 0.438. The molecule has 1 fully saturated rings. The molecule has 3 heteroatoms. The first-order valence-electron chi connectivity index (χ1n) is 6.82. The molecule has 3 nitrogen and oxygen atoms in total. The Kier molecular flexibility index (Phi) is 3.16. The van der Waals surface area contributed by atoms with Gasteiger partial charge in [-0.25, -0.2) is 5.26 Å². The van der Waals surface area contributed by atoms with Gasteiger partial charge in [0.25, 0.3) is 0 Å². The molecule has 2 heterocycles. The average Bonchev–Trinajstić information content (AvgIpc) is 3.20. The number of furan rings is 1. The topological polar surface area (TPSA) is 46.2 Å². The summed E-state index contributed by atoms with van der Waals surface area (Å²) in [6.07, 6.45) is 8.17. The summed E-state index contributed by atoms with van der Waals surface area (Å²) >= 11 is 0. The summed E-state index contributed by atoms with van der Waals surface area (Å²) in [5, 5.41) is 7.84. The lowest BCUT2D eigenvalue weighted by Crippen LogP contribution is -2.08. The van der Waals surface area contributed by atoms with Crippen LogP contribution in [0.5, 0.6) is 5.75 Å². The molecule has 1 aromatic carbocycles. The third-order valence-corrected chi connectivity index (χ3v) is 3.92. The van der Waals surface area contributed by atoms with E-state index in [1.54, 1.807) is 0 Å². The fourth-order valence-corrected chi connectivity index (χ4v) is 2.85. The van der Waals surface area contributed by atoms with Crippen molar-refractivity contribution in [2.75, 3.05) is 6.61 Å². The molecule has 2 aliphatic rings. The van der Waals surface area contributed by atoms with E-state index in [1.807, 2.05) is 6.26 Å². The van der Waals surface area contributed by atoms with Gasteiger partial charge in [-0.3, -0.25) is 0 Å². The second-order valence-electron chi connectivity index (χ2n) is 5.28. The lowest BCUT2D eigenvalue weighted by molar-refractivity contribution is 0.289. The number of benzene rings is 1. The highest BCUT2D eigenvalue weighted by molar-refractivity contribution is 5.87. The molecule has 1 aromatic heterocycles. The monoisotopic (exact) mass is 255 g/mol. The summed E-state index contributed by atoms with van der Waals surface area (Å²) in [5.41, 5.74) is 3.80. The van der Waals surface area contributed by atoms with Gasteiger partial charge in [-0.1, -0.05) is 0 Å². The summed E-state index contributed by atoms with van der Waals surface area (Å²) in [7, 11) is 0. The van der Waals surface area contributed by atoms with Crippen molar-refractivity contribution in [3.8, 4) is 12.3 Å². The number of fused-ring (bicyclic) bond motifs is 3. The highest BCUT2D eigenvalue weighted by atomic mass is 16.5. The highest BCUT2D eigenvalue weighted by Crippen LogP contribution is 2.39. The quantitative estimate of drug-likeness (QED) is 0.818. The van der Waals surface area contributed by atoms with Crippen molar-refractivity contribution in [1.82, 2.24) is 0 Å². The second kappa shape index (κ2) is 4.97. The maximum atomic E-state index is 6.50. The van der Waals surface area contributed by atoms with Gasteiger partial charge in [-0.05, 0) is 55.7 Å². The molecule has 1 saturated carbocycles. The summed E-state index contributed by atoms with van der Waals surface area (Å²) in [6, 6.07) is 4.11. The predicted molar refractivity (Wildman–Crippen MR) is 73.1 cm³/mol. The lowest BCUT2D eigenvalue weighted by Gasteiger charge is -2.18. The van der Waals surface area contributed by atoms with Crippen LogP contribution in [0.3, 0.4) is 0 Å². The van der Waals surface area contributed by atoms with E-state index in [-0.39, 0.29) is 0 Å². The Labute approximate surface area is 112 Å². The van der Waals surface area contributed by atoms with E-state index < -0.39 is 0 Å². The zero-order valence-corrected chi connectivity index (χ0v) is 10.9. The van der Waals surface area contributed by atoms with Crippen molar-refractivity contribution < 1.29 is 9.15 Å². The van der Waals surface area contributed by atoms with E-state index in [0.29, 0.717) is 0 Å². The third kappa shape index (κ3) is 2.19. The van der Waals surface area contributed by atoms with Crippen LogP contribution in [0.25, 0.3) is 11.0 Å². The van der Waals surface area contributed by atoms with Gasteiger partial charge in [-0.2, -0.15) is 0 Å². The number of rotatable bonds is 2.